The molecule has 0 aromatic carbocycles. The number of unbranched alkanes of at least 4 members (excludes halogenated alkanes) is 3. The first-order valence-corrected chi connectivity index (χ1v) is 16.2. The van der Waals surface area contributed by atoms with E-state index >= 15 is 0 Å². The van der Waals surface area contributed by atoms with Crippen LogP contribution < -0.4 is 0 Å². The van der Waals surface area contributed by atoms with E-state index in [1.54, 1.807) is 12.2 Å². The maximum Gasteiger partial charge on any atom is 0.472 e. The molecule has 0 fully saturated rings. The smallest absolute Gasteiger partial charge is 0.462 e. The van der Waals surface area contributed by atoms with Gasteiger partial charge in [0.15, 0.2) is 11.9 Å². The van der Waals surface area contributed by atoms with Gasteiger partial charge in [-0.05, 0) is 37.7 Å². The van der Waals surface area contributed by atoms with Gasteiger partial charge in [-0.2, -0.15) is 0 Å². The van der Waals surface area contributed by atoms with Crippen molar-refractivity contribution in [3.63, 3.8) is 0 Å². The average Bonchev–Trinajstić information content (AvgIpc) is 3.24. The summed E-state index contributed by atoms with van der Waals surface area (Å²) >= 11 is 0. The molecule has 1 unspecified atom stereocenters. The Hall–Kier alpha value is -2.14. The van der Waals surface area contributed by atoms with Crippen LogP contribution in [-0.2, 0) is 37.5 Å². The third-order valence-electron chi connectivity index (χ3n) is 6.48. The van der Waals surface area contributed by atoms with Crippen molar-refractivity contribution in [3.8, 4) is 0 Å². The number of ether oxygens (including phenoxy) is 2. The molecule has 0 aliphatic heterocycles. The molecular formula is C30H51NO10P+. The lowest BCUT2D eigenvalue weighted by Gasteiger charge is -2.24. The summed E-state index contributed by atoms with van der Waals surface area (Å²) < 4.78 is 32.8. The Morgan fingerprint density at radius 1 is 1.12 bits per heavy atom. The van der Waals surface area contributed by atoms with Crippen LogP contribution in [0.3, 0.4) is 0 Å². The molecule has 0 bridgehead atoms. The number of allylic oxidation sites excluding steroid dienone is 5. The minimum Gasteiger partial charge on any atom is -0.462 e. The minimum atomic E-state index is -4.38. The summed E-state index contributed by atoms with van der Waals surface area (Å²) in [5.41, 5.74) is 0. The highest BCUT2D eigenvalue weighted by molar-refractivity contribution is 7.47. The highest BCUT2D eigenvalue weighted by Crippen LogP contribution is 2.43. The van der Waals surface area contributed by atoms with Crippen molar-refractivity contribution < 1.29 is 52.0 Å². The predicted octanol–water partition coefficient (Wildman–Crippen LogP) is 4.29. The van der Waals surface area contributed by atoms with Gasteiger partial charge in [-0.1, -0.05) is 56.6 Å². The second kappa shape index (κ2) is 19.9. The topological polar surface area (TPSA) is 146 Å². The molecule has 0 heterocycles. The Kier molecular flexibility index (Phi) is 18.0. The van der Waals surface area contributed by atoms with Crippen molar-refractivity contribution in [1.82, 2.24) is 0 Å². The van der Waals surface area contributed by atoms with Crippen LogP contribution in [0.5, 0.6) is 0 Å². The number of phosphoric acid groups is 1. The highest BCUT2D eigenvalue weighted by atomic mass is 31.2. The van der Waals surface area contributed by atoms with E-state index < -0.39 is 38.6 Å². The molecule has 0 spiro atoms. The van der Waals surface area contributed by atoms with Crippen LogP contribution in [0.15, 0.2) is 36.5 Å². The molecule has 0 saturated heterocycles. The lowest BCUT2D eigenvalue weighted by Crippen LogP contribution is -2.37. The quantitative estimate of drug-likeness (QED) is 0.0594. The summed E-state index contributed by atoms with van der Waals surface area (Å²) in [5.74, 6) is -1.37. The van der Waals surface area contributed by atoms with Crippen molar-refractivity contribution >= 4 is 25.5 Å². The van der Waals surface area contributed by atoms with Gasteiger partial charge in [-0.25, -0.2) is 4.57 Å². The van der Waals surface area contributed by atoms with Gasteiger partial charge in [0, 0.05) is 19.3 Å². The van der Waals surface area contributed by atoms with E-state index in [9.17, 15) is 28.9 Å². The molecule has 11 nitrogen and oxygen atoms in total. The number of ketones is 1. The molecule has 2 N–H and O–H groups in total. The first-order valence-electron chi connectivity index (χ1n) is 14.7. The minimum absolute atomic E-state index is 0.00779. The summed E-state index contributed by atoms with van der Waals surface area (Å²) in [4.78, 5) is 45.7. The Labute approximate surface area is 250 Å². The summed E-state index contributed by atoms with van der Waals surface area (Å²) in [6.45, 7) is 2.98. The van der Waals surface area contributed by atoms with Crippen molar-refractivity contribution in [2.75, 3.05) is 47.5 Å². The van der Waals surface area contributed by atoms with E-state index in [0.29, 0.717) is 36.7 Å². The zero-order valence-electron chi connectivity index (χ0n) is 25.8. The van der Waals surface area contributed by atoms with Crippen LogP contribution in [0.4, 0.5) is 0 Å². The van der Waals surface area contributed by atoms with Crippen LogP contribution in [0.25, 0.3) is 0 Å². The zero-order chi connectivity index (χ0) is 31.6. The number of aliphatic hydroxyl groups excluding tert-OH is 1. The number of likely N-dealkylation sites (N-methyl/N-ethyl adjacent to an activating group) is 1. The first-order chi connectivity index (χ1) is 19.7. The van der Waals surface area contributed by atoms with Crippen molar-refractivity contribution in [2.45, 2.75) is 77.4 Å². The lowest BCUT2D eigenvalue weighted by atomic mass is 9.90. The van der Waals surface area contributed by atoms with Gasteiger partial charge in [0.2, 0.25) is 0 Å². The SMILES string of the molecule is CCCCC[C@H](O)/C=C/[C@H]1C(=O)C=C[C@@H]1C/C=C\CCCC(=O)O[C@H](COC(C)=O)COP(=O)(O)OCC[N+](C)(C)C. The summed E-state index contributed by atoms with van der Waals surface area (Å²) in [6, 6.07) is 0. The molecule has 1 rings (SSSR count). The van der Waals surface area contributed by atoms with Gasteiger partial charge in [0.05, 0.1) is 33.9 Å². The fourth-order valence-electron chi connectivity index (χ4n) is 4.02. The number of esters is 2. The van der Waals surface area contributed by atoms with Gasteiger partial charge in [0.1, 0.15) is 19.8 Å². The number of aliphatic hydroxyl groups is 1. The number of hydrogen-bond donors (Lipinski definition) is 2. The van der Waals surface area contributed by atoms with Gasteiger partial charge < -0.3 is 24.0 Å². The Balaban J connectivity index is 2.45. The van der Waals surface area contributed by atoms with Crippen molar-refractivity contribution in [3.05, 3.63) is 36.5 Å². The standard InChI is InChI=1S/C30H50NO10P/c1-6-7-10-14-26(33)17-18-28-25(16-19-29(28)34)13-11-8-9-12-15-30(35)41-27(22-38-24(2)32)23-40-42(36,37)39-21-20-31(3,4)5/h8,11,16-19,25-28,33H,6-7,9-10,12-15,20-23H2,1-5H3/p+1/b11-8-,18-17+/t25-,26-,27+,28+/m0/s1. The monoisotopic (exact) mass is 616 g/mol. The van der Waals surface area contributed by atoms with Crippen molar-refractivity contribution in [1.29, 1.82) is 0 Å². The number of phosphoric ester groups is 1. The number of rotatable bonds is 22. The van der Waals surface area contributed by atoms with Crippen LogP contribution in [-0.4, -0.2) is 91.9 Å². The van der Waals surface area contributed by atoms with E-state index in [2.05, 4.69) is 6.92 Å². The molecule has 1 aliphatic carbocycles. The molecule has 42 heavy (non-hydrogen) atoms. The molecule has 0 aromatic rings. The van der Waals surface area contributed by atoms with Crippen LogP contribution in [0, 0.1) is 11.8 Å². The molecule has 1 aliphatic rings. The molecule has 12 heteroatoms. The Morgan fingerprint density at radius 3 is 2.52 bits per heavy atom. The first kappa shape index (κ1) is 37.9. The third-order valence-corrected chi connectivity index (χ3v) is 7.46. The second-order valence-electron chi connectivity index (χ2n) is 11.5. The number of nitrogens with zero attached hydrogens (tertiary/aromatic N) is 1. The number of carbonyl (C=O) groups excluding carboxylic acids is 3. The summed E-state index contributed by atoms with van der Waals surface area (Å²) in [5, 5.41) is 10.1. The number of quaternary nitrogens is 1. The highest BCUT2D eigenvalue weighted by Gasteiger charge is 2.28. The third kappa shape index (κ3) is 18.4. The molecular weight excluding hydrogens is 565 g/mol. The molecule has 0 saturated carbocycles. The molecule has 5 atom stereocenters. The van der Waals surface area contributed by atoms with Gasteiger partial charge in [-0.15, -0.1) is 0 Å². The van der Waals surface area contributed by atoms with Crippen LogP contribution in [0.2, 0.25) is 0 Å². The maximum absolute atomic E-state index is 12.4. The van der Waals surface area contributed by atoms with Crippen molar-refractivity contribution in [2.24, 2.45) is 11.8 Å². The second-order valence-corrected chi connectivity index (χ2v) is 13.0. The molecule has 240 valence electrons. The van der Waals surface area contributed by atoms with E-state index in [-0.39, 0.29) is 37.3 Å². The molecule has 0 radical (unpaired) electrons. The summed E-state index contributed by atoms with van der Waals surface area (Å²) in [6.07, 6.45) is 15.0. The van der Waals surface area contributed by atoms with Crippen LogP contribution in [0.1, 0.15) is 65.2 Å². The molecule has 0 aromatic heterocycles. The number of hydrogen-bond acceptors (Lipinski definition) is 9. The average molecular weight is 617 g/mol. The van der Waals surface area contributed by atoms with E-state index in [1.807, 2.05) is 45.4 Å². The van der Waals surface area contributed by atoms with Gasteiger partial charge in [-0.3, -0.25) is 23.4 Å². The van der Waals surface area contributed by atoms with E-state index in [1.165, 1.54) is 6.92 Å². The number of carbonyl (C=O) groups is 3. The van der Waals surface area contributed by atoms with Gasteiger partial charge in [0.25, 0.3) is 0 Å². The van der Waals surface area contributed by atoms with E-state index in [4.69, 9.17) is 18.5 Å². The predicted molar refractivity (Wildman–Crippen MR) is 159 cm³/mol. The van der Waals surface area contributed by atoms with E-state index in [0.717, 1.165) is 19.3 Å². The zero-order valence-corrected chi connectivity index (χ0v) is 26.7. The lowest BCUT2D eigenvalue weighted by molar-refractivity contribution is -0.870. The largest absolute Gasteiger partial charge is 0.472 e. The fourth-order valence-corrected chi connectivity index (χ4v) is 4.76. The normalized spacial score (nSPS) is 20.2. The van der Waals surface area contributed by atoms with Crippen LogP contribution >= 0.6 is 7.82 Å². The Morgan fingerprint density at radius 2 is 1.86 bits per heavy atom. The maximum atomic E-state index is 12.4. The summed E-state index contributed by atoms with van der Waals surface area (Å²) in [7, 11) is 1.34. The van der Waals surface area contributed by atoms with Gasteiger partial charge >= 0.3 is 19.8 Å². The Bertz CT molecular complexity index is 972. The molecule has 0 amide bonds. The fraction of sp³-hybridized carbons (Fsp3) is 0.700.